The maximum Gasteiger partial charge on any atom is 0.409 e. The molecule has 1 unspecified atom stereocenters. The first kappa shape index (κ1) is 23.7. The lowest BCUT2D eigenvalue weighted by Gasteiger charge is -2.43. The monoisotopic (exact) mass is 431 g/mol. The van der Waals surface area contributed by atoms with Crippen molar-refractivity contribution in [1.82, 2.24) is 10.2 Å². The lowest BCUT2D eigenvalue weighted by molar-refractivity contribution is -0.354. The van der Waals surface area contributed by atoms with Gasteiger partial charge in [0.2, 0.25) is 0 Å². The molecule has 1 aromatic carbocycles. The zero-order valence-corrected chi connectivity index (χ0v) is 17.4. The quantitative estimate of drug-likeness (QED) is 0.120. The molecule has 2 amide bonds. The minimum absolute atomic E-state index is 0.000130. The highest BCUT2D eigenvalue weighted by Crippen LogP contribution is 2.20. The Labute approximate surface area is 180 Å². The molecule has 1 aromatic rings. The number of ether oxygens (including phenoxy) is 1. The van der Waals surface area contributed by atoms with E-state index in [0.29, 0.717) is 25.1 Å². The molecule has 2 atom stereocenters. The van der Waals surface area contributed by atoms with Crippen molar-refractivity contribution < 1.29 is 23.7 Å². The Morgan fingerprint density at radius 2 is 2.10 bits per heavy atom. The maximum absolute atomic E-state index is 13.1. The number of carbonyl (C=O) groups is 2. The van der Waals surface area contributed by atoms with Crippen molar-refractivity contribution in [2.45, 2.75) is 31.3 Å². The molecule has 1 heterocycles. The van der Waals surface area contributed by atoms with Crippen molar-refractivity contribution in [3.05, 3.63) is 41.9 Å². The van der Waals surface area contributed by atoms with E-state index < -0.39 is 23.4 Å². The molecule has 0 saturated carbocycles. The number of nitrogens with one attached hydrogen (secondary N) is 2. The molecule has 10 heteroatoms. The average Bonchev–Trinajstić information content (AvgIpc) is 2.70. The second kappa shape index (κ2) is 10.4. The van der Waals surface area contributed by atoms with Gasteiger partial charge in [0.05, 0.1) is 5.54 Å². The molecule has 0 aliphatic carbocycles. The van der Waals surface area contributed by atoms with Gasteiger partial charge in [-0.25, -0.2) is 14.2 Å². The number of amidine groups is 1. The largest absolute Gasteiger partial charge is 0.448 e. The summed E-state index contributed by atoms with van der Waals surface area (Å²) < 4.78 is 18.2. The van der Waals surface area contributed by atoms with Gasteiger partial charge in [0.15, 0.2) is 0 Å². The number of nitrogens with zero attached hydrogens (tertiary/aromatic N) is 1. The second-order valence-corrected chi connectivity index (χ2v) is 7.47. The highest BCUT2D eigenvalue weighted by Gasteiger charge is 2.38. The number of hydrogen-bond donors (Lipinski definition) is 5. The molecule has 9 nitrogen and oxygen atoms in total. The number of likely N-dealkylation sites (tertiary alicyclic amines) is 1. The molecule has 2 rings (SSSR count). The van der Waals surface area contributed by atoms with Gasteiger partial charge in [-0.15, -0.1) is 12.3 Å². The van der Waals surface area contributed by atoms with Crippen molar-refractivity contribution in [2.75, 3.05) is 19.7 Å². The van der Waals surface area contributed by atoms with Crippen molar-refractivity contribution in [2.24, 2.45) is 17.2 Å². The third-order valence-electron chi connectivity index (χ3n) is 4.85. The van der Waals surface area contributed by atoms with Crippen LogP contribution in [0.4, 0.5) is 14.9 Å². The highest BCUT2D eigenvalue weighted by atomic mass is 19.1. The Kier molecular flexibility index (Phi) is 7.99. The molecule has 0 bridgehead atoms. The summed E-state index contributed by atoms with van der Waals surface area (Å²) in [5.74, 6) is 1.25. The number of terminal acetylenes is 1. The van der Waals surface area contributed by atoms with Gasteiger partial charge in [-0.1, -0.05) is 0 Å². The van der Waals surface area contributed by atoms with Gasteiger partial charge in [0.25, 0.3) is 11.7 Å². The van der Waals surface area contributed by atoms with E-state index in [1.54, 1.807) is 6.92 Å². The molecule has 0 aromatic heterocycles. The zero-order valence-electron chi connectivity index (χ0n) is 17.4. The van der Waals surface area contributed by atoms with Crippen LogP contribution in [-0.4, -0.2) is 54.0 Å². The van der Waals surface area contributed by atoms with Crippen LogP contribution in [0.5, 0.6) is 0 Å². The Morgan fingerprint density at radius 1 is 1.42 bits per heavy atom. The highest BCUT2D eigenvalue weighted by molar-refractivity contribution is 6.17. The predicted molar refractivity (Wildman–Crippen MR) is 114 cm³/mol. The Balaban J connectivity index is 2.07. The van der Waals surface area contributed by atoms with Gasteiger partial charge in [0.1, 0.15) is 23.7 Å². The number of primary amides is 1. The molecular formula is C21H28FN6O3+. The molecule has 1 aliphatic heterocycles. The molecule has 0 spiro atoms. The first-order chi connectivity index (χ1) is 14.6. The van der Waals surface area contributed by atoms with Gasteiger partial charge in [-0.05, 0) is 37.6 Å². The van der Waals surface area contributed by atoms with Crippen LogP contribution >= 0.6 is 0 Å². The number of piperidine rings is 1. The van der Waals surface area contributed by atoms with E-state index in [1.807, 2.05) is 0 Å². The smallest absolute Gasteiger partial charge is 0.409 e. The van der Waals surface area contributed by atoms with Crippen LogP contribution < -0.4 is 27.5 Å². The van der Waals surface area contributed by atoms with Crippen LogP contribution in [0.15, 0.2) is 36.0 Å². The fourth-order valence-electron chi connectivity index (χ4n) is 3.15. The fraction of sp³-hybridized carbons (Fsp3) is 0.381. The summed E-state index contributed by atoms with van der Waals surface area (Å²) in [4.78, 5) is 28.4. The molecule has 1 fully saturated rings. The standard InChI is InChI=1S/C21H27FN6O3/c1-3-4-11-31-20(30)28-10-9-17(21(2,25)13-28)26-12-16(19(24)29)18(23)27-15-7-5-14(22)6-8-15/h1,5-8,12,17,26H,4,9-11,13,25H2,2H3,(H2,23,27)(H2,24,29)/p+1/b16-12+/t17-,21?/m1/s1. The Morgan fingerprint density at radius 3 is 2.68 bits per heavy atom. The number of carbonyl (C=O) groups excluding carboxylic acids is 2. The van der Waals surface area contributed by atoms with Crippen molar-refractivity contribution in [1.29, 1.82) is 0 Å². The molecule has 166 valence electrons. The number of amides is 2. The fourth-order valence-corrected chi connectivity index (χ4v) is 3.15. The summed E-state index contributed by atoms with van der Waals surface area (Å²) in [6.07, 6.45) is 6.92. The van der Waals surface area contributed by atoms with E-state index >= 15 is 0 Å². The predicted octanol–water partition coefficient (Wildman–Crippen LogP) is -1.19. The maximum atomic E-state index is 13.1. The van der Waals surface area contributed by atoms with Crippen LogP contribution in [0.25, 0.3) is 0 Å². The van der Waals surface area contributed by atoms with Gasteiger partial charge < -0.3 is 26.4 Å². The lowest BCUT2D eigenvalue weighted by Crippen LogP contribution is -2.70. The van der Waals surface area contributed by atoms with E-state index in [9.17, 15) is 14.0 Å². The lowest BCUT2D eigenvalue weighted by atomic mass is 9.87. The normalized spacial score (nSPS) is 21.9. The molecule has 1 aliphatic rings. The number of hydrogen-bond acceptors (Lipinski definition) is 5. The first-order valence-corrected chi connectivity index (χ1v) is 9.69. The van der Waals surface area contributed by atoms with Crippen molar-refractivity contribution in [3.63, 3.8) is 0 Å². The van der Waals surface area contributed by atoms with Gasteiger partial charge in [-0.2, -0.15) is 0 Å². The van der Waals surface area contributed by atoms with E-state index in [2.05, 4.69) is 16.2 Å². The molecular weight excluding hydrogens is 403 g/mol. The van der Waals surface area contributed by atoms with Gasteiger partial charge >= 0.3 is 6.09 Å². The van der Waals surface area contributed by atoms with E-state index in [1.165, 1.54) is 35.4 Å². The molecule has 1 saturated heterocycles. The molecule has 0 radical (unpaired) electrons. The zero-order chi connectivity index (χ0) is 23.0. The summed E-state index contributed by atoms with van der Waals surface area (Å²) in [6.45, 7) is 2.58. The number of rotatable bonds is 7. The van der Waals surface area contributed by atoms with Crippen molar-refractivity contribution >= 4 is 23.5 Å². The van der Waals surface area contributed by atoms with Gasteiger partial charge in [-0.3, -0.25) is 10.5 Å². The summed E-state index contributed by atoms with van der Waals surface area (Å²) >= 11 is 0. The first-order valence-electron chi connectivity index (χ1n) is 9.69. The van der Waals surface area contributed by atoms with Gasteiger partial charge in [0, 0.05) is 31.8 Å². The second-order valence-electron chi connectivity index (χ2n) is 7.47. The third kappa shape index (κ3) is 6.72. The SMILES string of the molecule is C#CCCOC(=O)N1CC[C@@H](N/C=C(/C(N)=O)C(N)=[NH+]c2ccc(F)cc2)C(C)(N)C1. The summed E-state index contributed by atoms with van der Waals surface area (Å²) in [7, 11) is 0. The van der Waals surface area contributed by atoms with Crippen LogP contribution in [0, 0.1) is 18.2 Å². The summed E-state index contributed by atoms with van der Waals surface area (Å²) in [6, 6.07) is 5.20. The van der Waals surface area contributed by atoms with Crippen LogP contribution in [0.3, 0.4) is 0 Å². The van der Waals surface area contributed by atoms with Crippen LogP contribution in [0.1, 0.15) is 19.8 Å². The average molecular weight is 431 g/mol. The number of halogens is 1. The number of benzene rings is 1. The molecule has 31 heavy (non-hydrogen) atoms. The van der Waals surface area contributed by atoms with E-state index in [0.717, 1.165) is 0 Å². The van der Waals surface area contributed by atoms with Crippen LogP contribution in [-0.2, 0) is 9.53 Å². The number of nitrogens with two attached hydrogens (primary N) is 3. The minimum atomic E-state index is -0.818. The summed E-state index contributed by atoms with van der Waals surface area (Å²) in [5, 5.41) is 3.09. The Hall–Kier alpha value is -3.58. The Bertz CT molecular complexity index is 905. The van der Waals surface area contributed by atoms with Crippen molar-refractivity contribution in [3.8, 4) is 12.3 Å². The summed E-state index contributed by atoms with van der Waals surface area (Å²) in [5.41, 5.74) is 17.5. The molecule has 8 N–H and O–H groups in total. The van der Waals surface area contributed by atoms with E-state index in [-0.39, 0.29) is 30.6 Å². The topological polar surface area (TPSA) is 151 Å². The minimum Gasteiger partial charge on any atom is -0.448 e. The van der Waals surface area contributed by atoms with E-state index in [4.69, 9.17) is 28.4 Å². The third-order valence-corrected chi connectivity index (χ3v) is 4.85. The van der Waals surface area contributed by atoms with Crippen LogP contribution in [0.2, 0.25) is 0 Å².